The van der Waals surface area contributed by atoms with E-state index in [9.17, 15) is 0 Å². The summed E-state index contributed by atoms with van der Waals surface area (Å²) >= 11 is 1.71. The molecule has 3 N–H and O–H groups in total. The molecule has 0 aliphatic carbocycles. The van der Waals surface area contributed by atoms with Crippen LogP contribution in [-0.4, -0.2) is 5.84 Å². The van der Waals surface area contributed by atoms with Crippen molar-refractivity contribution in [3.05, 3.63) is 22.4 Å². The van der Waals surface area contributed by atoms with E-state index in [1.807, 2.05) is 11.4 Å². The third-order valence-corrected chi connectivity index (χ3v) is 2.16. The van der Waals surface area contributed by atoms with Gasteiger partial charge in [0.05, 0.1) is 5.84 Å². The molecule has 0 bridgehead atoms. The highest BCUT2D eigenvalue weighted by atomic mass is 32.1. The fourth-order valence-electron chi connectivity index (χ4n) is 0.713. The van der Waals surface area contributed by atoms with Crippen molar-refractivity contribution >= 4 is 17.2 Å². The minimum atomic E-state index is 0.272. The van der Waals surface area contributed by atoms with Gasteiger partial charge in [0, 0.05) is 11.3 Å². The Bertz CT molecular complexity index is 203. The monoisotopic (exact) mass is 154 g/mol. The van der Waals surface area contributed by atoms with Crippen molar-refractivity contribution in [3.8, 4) is 0 Å². The molecule has 1 rings (SSSR count). The lowest BCUT2D eigenvalue weighted by atomic mass is 10.2. The van der Waals surface area contributed by atoms with Gasteiger partial charge < -0.3 is 5.73 Å². The summed E-state index contributed by atoms with van der Waals surface area (Å²) in [5.41, 5.74) is 5.20. The third-order valence-electron chi connectivity index (χ3n) is 1.22. The van der Waals surface area contributed by atoms with Gasteiger partial charge in [-0.15, -0.1) is 11.3 Å². The number of thiophene rings is 1. The normalized spacial score (nSPS) is 9.60. The summed E-state index contributed by atoms with van der Waals surface area (Å²) in [6.45, 7) is 0. The van der Waals surface area contributed by atoms with E-state index in [1.165, 1.54) is 4.88 Å². The number of hydrogen-bond acceptors (Lipinski definition) is 2. The summed E-state index contributed by atoms with van der Waals surface area (Å²) in [5, 5.41) is 9.02. The summed E-state index contributed by atoms with van der Waals surface area (Å²) in [6.07, 6.45) is 1.59. The number of rotatable bonds is 3. The lowest BCUT2D eigenvalue weighted by Crippen LogP contribution is -2.09. The Kier molecular flexibility index (Phi) is 2.45. The predicted octanol–water partition coefficient (Wildman–Crippen LogP) is 1.62. The van der Waals surface area contributed by atoms with Crippen LogP contribution in [0.2, 0.25) is 0 Å². The molecule has 0 amide bonds. The van der Waals surface area contributed by atoms with Gasteiger partial charge in [0.2, 0.25) is 0 Å². The Hall–Kier alpha value is -0.830. The van der Waals surface area contributed by atoms with E-state index in [0.29, 0.717) is 6.42 Å². The van der Waals surface area contributed by atoms with E-state index in [-0.39, 0.29) is 5.84 Å². The van der Waals surface area contributed by atoms with Crippen LogP contribution in [0.3, 0.4) is 0 Å². The standard InChI is InChI=1S/C7H10N2S/c8-7(9)4-3-6-2-1-5-10-6/h1-2,5H,3-4H2,(H3,8,9). The van der Waals surface area contributed by atoms with Gasteiger partial charge >= 0.3 is 0 Å². The van der Waals surface area contributed by atoms with Gasteiger partial charge in [-0.2, -0.15) is 0 Å². The van der Waals surface area contributed by atoms with Crippen molar-refractivity contribution in [3.63, 3.8) is 0 Å². The zero-order valence-electron chi connectivity index (χ0n) is 5.63. The third kappa shape index (κ3) is 2.19. The first-order valence-corrected chi connectivity index (χ1v) is 4.02. The Morgan fingerprint density at radius 2 is 2.50 bits per heavy atom. The molecule has 0 atom stereocenters. The van der Waals surface area contributed by atoms with Gasteiger partial charge in [-0.05, 0) is 17.9 Å². The van der Waals surface area contributed by atoms with Gasteiger partial charge in [-0.25, -0.2) is 0 Å². The van der Waals surface area contributed by atoms with Crippen LogP contribution in [0, 0.1) is 5.41 Å². The molecule has 2 nitrogen and oxygen atoms in total. The molecule has 0 aliphatic heterocycles. The molecule has 0 radical (unpaired) electrons. The number of aryl methyl sites for hydroxylation is 1. The SMILES string of the molecule is N=C(N)CCc1cccs1. The lowest BCUT2D eigenvalue weighted by molar-refractivity contribution is 1.04. The maximum absolute atomic E-state index is 6.98. The molecule has 0 saturated heterocycles. The maximum Gasteiger partial charge on any atom is 0.0908 e. The highest BCUT2D eigenvalue weighted by Crippen LogP contribution is 2.10. The van der Waals surface area contributed by atoms with E-state index in [2.05, 4.69) is 6.07 Å². The number of nitrogens with one attached hydrogen (secondary N) is 1. The minimum Gasteiger partial charge on any atom is -0.388 e. The van der Waals surface area contributed by atoms with E-state index >= 15 is 0 Å². The summed E-state index contributed by atoms with van der Waals surface area (Å²) in [6, 6.07) is 4.08. The van der Waals surface area contributed by atoms with Crippen molar-refractivity contribution in [2.45, 2.75) is 12.8 Å². The van der Waals surface area contributed by atoms with E-state index < -0.39 is 0 Å². The van der Waals surface area contributed by atoms with E-state index in [4.69, 9.17) is 11.1 Å². The second kappa shape index (κ2) is 3.37. The molecule has 0 spiro atoms. The second-order valence-corrected chi connectivity index (χ2v) is 3.14. The van der Waals surface area contributed by atoms with Gasteiger partial charge in [-0.1, -0.05) is 6.07 Å². The number of hydrogen-bond donors (Lipinski definition) is 2. The predicted molar refractivity (Wildman–Crippen MR) is 44.6 cm³/mol. The largest absolute Gasteiger partial charge is 0.388 e. The van der Waals surface area contributed by atoms with Crippen LogP contribution in [0.4, 0.5) is 0 Å². The smallest absolute Gasteiger partial charge is 0.0908 e. The Morgan fingerprint density at radius 3 is 3.00 bits per heavy atom. The Labute approximate surface area is 64.2 Å². The lowest BCUT2D eigenvalue weighted by Gasteiger charge is -1.93. The van der Waals surface area contributed by atoms with Crippen molar-refractivity contribution in [1.29, 1.82) is 5.41 Å². The zero-order chi connectivity index (χ0) is 7.40. The molecule has 0 aliphatic rings. The topological polar surface area (TPSA) is 49.9 Å². The van der Waals surface area contributed by atoms with Crippen LogP contribution in [0.25, 0.3) is 0 Å². The number of nitrogens with two attached hydrogens (primary N) is 1. The van der Waals surface area contributed by atoms with Crippen LogP contribution >= 0.6 is 11.3 Å². The molecule has 54 valence electrons. The zero-order valence-corrected chi connectivity index (χ0v) is 6.45. The summed E-state index contributed by atoms with van der Waals surface area (Å²) in [7, 11) is 0. The van der Waals surface area contributed by atoms with Crippen molar-refractivity contribution < 1.29 is 0 Å². The average Bonchev–Trinajstić information content (AvgIpc) is 2.34. The Morgan fingerprint density at radius 1 is 1.70 bits per heavy atom. The molecule has 3 heteroatoms. The van der Waals surface area contributed by atoms with Crippen LogP contribution in [0.5, 0.6) is 0 Å². The van der Waals surface area contributed by atoms with Gasteiger partial charge in [0.25, 0.3) is 0 Å². The average molecular weight is 154 g/mol. The highest BCUT2D eigenvalue weighted by molar-refractivity contribution is 7.09. The first-order valence-electron chi connectivity index (χ1n) is 3.14. The minimum absolute atomic E-state index is 0.272. The molecule has 0 fully saturated rings. The van der Waals surface area contributed by atoms with Gasteiger partial charge in [0.15, 0.2) is 0 Å². The molecule has 1 aromatic rings. The highest BCUT2D eigenvalue weighted by Gasteiger charge is 1.93. The van der Waals surface area contributed by atoms with Gasteiger partial charge in [0.1, 0.15) is 0 Å². The molecular formula is C7H10N2S. The molecule has 0 saturated carbocycles. The van der Waals surface area contributed by atoms with Crippen molar-refractivity contribution in [1.82, 2.24) is 0 Å². The summed E-state index contributed by atoms with van der Waals surface area (Å²) in [4.78, 5) is 1.30. The quantitative estimate of drug-likeness (QED) is 0.504. The first-order chi connectivity index (χ1) is 4.79. The Balaban J connectivity index is 2.35. The first kappa shape index (κ1) is 7.28. The molecule has 10 heavy (non-hydrogen) atoms. The van der Waals surface area contributed by atoms with Crippen LogP contribution in [0.1, 0.15) is 11.3 Å². The molecule has 1 heterocycles. The maximum atomic E-state index is 6.98. The molecule has 0 aromatic carbocycles. The van der Waals surface area contributed by atoms with Crippen LogP contribution in [-0.2, 0) is 6.42 Å². The van der Waals surface area contributed by atoms with Crippen LogP contribution in [0.15, 0.2) is 17.5 Å². The van der Waals surface area contributed by atoms with E-state index in [1.54, 1.807) is 11.3 Å². The fourth-order valence-corrected chi connectivity index (χ4v) is 1.42. The number of amidine groups is 1. The van der Waals surface area contributed by atoms with Crippen molar-refractivity contribution in [2.24, 2.45) is 5.73 Å². The summed E-state index contributed by atoms with van der Waals surface area (Å²) in [5.74, 6) is 0.272. The molecular weight excluding hydrogens is 144 g/mol. The fraction of sp³-hybridized carbons (Fsp3) is 0.286. The summed E-state index contributed by atoms with van der Waals surface area (Å²) < 4.78 is 0. The molecule has 1 aromatic heterocycles. The second-order valence-electron chi connectivity index (χ2n) is 2.10. The van der Waals surface area contributed by atoms with E-state index in [0.717, 1.165) is 6.42 Å². The van der Waals surface area contributed by atoms with Gasteiger partial charge in [-0.3, -0.25) is 5.41 Å². The molecule has 0 unspecified atom stereocenters. The van der Waals surface area contributed by atoms with Crippen molar-refractivity contribution in [2.75, 3.05) is 0 Å². The van der Waals surface area contributed by atoms with Crippen LogP contribution < -0.4 is 5.73 Å².